The molecule has 10 heteroatoms. The van der Waals surface area contributed by atoms with E-state index in [-0.39, 0.29) is 5.91 Å². The summed E-state index contributed by atoms with van der Waals surface area (Å²) in [5.74, 6) is 0.366. The molecule has 0 bridgehead atoms. The number of fused-ring (bicyclic) bond motifs is 2. The fraction of sp³-hybridized carbons (Fsp3) is 0.250. The van der Waals surface area contributed by atoms with Gasteiger partial charge in [0.05, 0.1) is 46.3 Å². The van der Waals surface area contributed by atoms with Crippen LogP contribution in [0.4, 0.5) is 10.8 Å². The standard InChI is InChI=1S/C24H22N6O3S/c1-14-21-16(13-18(19-4-3-9-33-19)26-22(21)29(2)28-14)23(31)25-15-5-6-17-20(12-15)34-24(27-17)30-7-10-32-11-8-30/h3-6,9,12-13H,7-8,10-11H2,1-2H3,(H,25,31). The number of anilines is 2. The maximum Gasteiger partial charge on any atom is 0.256 e. The molecule has 6 rings (SSSR count). The van der Waals surface area contributed by atoms with Gasteiger partial charge in [0.1, 0.15) is 5.69 Å². The molecule has 0 saturated carbocycles. The number of hydrogen-bond acceptors (Lipinski definition) is 8. The summed E-state index contributed by atoms with van der Waals surface area (Å²) >= 11 is 1.62. The van der Waals surface area contributed by atoms with E-state index in [0.717, 1.165) is 39.5 Å². The Balaban J connectivity index is 1.35. The average molecular weight is 475 g/mol. The van der Waals surface area contributed by atoms with Gasteiger partial charge >= 0.3 is 0 Å². The lowest BCUT2D eigenvalue weighted by atomic mass is 10.1. The van der Waals surface area contributed by atoms with Crippen molar-refractivity contribution in [3.63, 3.8) is 0 Å². The van der Waals surface area contributed by atoms with Gasteiger partial charge < -0.3 is 19.4 Å². The number of carbonyl (C=O) groups is 1. The second kappa shape index (κ2) is 8.23. The number of aromatic nitrogens is 4. The molecule has 1 saturated heterocycles. The molecule has 0 radical (unpaired) electrons. The summed E-state index contributed by atoms with van der Waals surface area (Å²) < 4.78 is 13.7. The molecule has 1 aliphatic heterocycles. The molecule has 1 amide bonds. The second-order valence-electron chi connectivity index (χ2n) is 8.17. The Kier molecular flexibility index (Phi) is 5.04. The average Bonchev–Trinajstić information content (AvgIpc) is 3.59. The molecular formula is C24H22N6O3S. The van der Waals surface area contributed by atoms with E-state index in [9.17, 15) is 4.79 Å². The lowest BCUT2D eigenvalue weighted by Crippen LogP contribution is -2.36. The first-order valence-electron chi connectivity index (χ1n) is 11.0. The van der Waals surface area contributed by atoms with Gasteiger partial charge in [0.2, 0.25) is 0 Å². The molecule has 1 N–H and O–H groups in total. The number of benzene rings is 1. The second-order valence-corrected chi connectivity index (χ2v) is 9.18. The van der Waals surface area contributed by atoms with Gasteiger partial charge in [-0.2, -0.15) is 5.10 Å². The van der Waals surface area contributed by atoms with Gasteiger partial charge in [-0.25, -0.2) is 9.97 Å². The summed E-state index contributed by atoms with van der Waals surface area (Å²) in [5, 5.41) is 9.23. The Morgan fingerprint density at radius 3 is 2.79 bits per heavy atom. The molecule has 1 aromatic carbocycles. The van der Waals surface area contributed by atoms with E-state index in [1.54, 1.807) is 34.4 Å². The molecule has 9 nitrogen and oxygen atoms in total. The van der Waals surface area contributed by atoms with Crippen molar-refractivity contribution in [2.24, 2.45) is 7.05 Å². The van der Waals surface area contributed by atoms with E-state index in [2.05, 4.69) is 20.3 Å². The highest BCUT2D eigenvalue weighted by molar-refractivity contribution is 7.22. The van der Waals surface area contributed by atoms with Crippen molar-refractivity contribution >= 4 is 49.3 Å². The van der Waals surface area contributed by atoms with Crippen molar-refractivity contribution in [1.82, 2.24) is 19.7 Å². The van der Waals surface area contributed by atoms with Crippen molar-refractivity contribution in [2.45, 2.75) is 6.92 Å². The molecule has 1 aliphatic rings. The quantitative estimate of drug-likeness (QED) is 0.416. The molecule has 0 atom stereocenters. The SMILES string of the molecule is Cc1nn(C)c2nc(-c3ccco3)cc(C(=O)Nc3ccc4nc(N5CCOCC5)sc4c3)c12. The number of carbonyl (C=O) groups excluding carboxylic acids is 1. The number of nitrogens with zero attached hydrogens (tertiary/aromatic N) is 5. The number of pyridine rings is 1. The number of hydrogen-bond donors (Lipinski definition) is 1. The van der Waals surface area contributed by atoms with E-state index in [1.165, 1.54) is 0 Å². The van der Waals surface area contributed by atoms with Crippen LogP contribution in [0.2, 0.25) is 0 Å². The predicted octanol–water partition coefficient (Wildman–Crippen LogP) is 4.24. The lowest BCUT2D eigenvalue weighted by Gasteiger charge is -2.25. The van der Waals surface area contributed by atoms with Crippen molar-refractivity contribution < 1.29 is 13.9 Å². The number of aryl methyl sites for hydroxylation is 2. The molecule has 172 valence electrons. The molecule has 0 aliphatic carbocycles. The lowest BCUT2D eigenvalue weighted by molar-refractivity contribution is 0.102. The molecule has 5 aromatic rings. The normalized spacial score (nSPS) is 14.2. The zero-order chi connectivity index (χ0) is 23.2. The maximum absolute atomic E-state index is 13.5. The Morgan fingerprint density at radius 1 is 1.15 bits per heavy atom. The van der Waals surface area contributed by atoms with E-state index in [0.29, 0.717) is 41.6 Å². The minimum absolute atomic E-state index is 0.228. The number of thiazole rings is 1. The van der Waals surface area contributed by atoms with E-state index in [4.69, 9.17) is 14.1 Å². The van der Waals surface area contributed by atoms with Crippen LogP contribution in [0.3, 0.4) is 0 Å². The minimum atomic E-state index is -0.228. The molecule has 5 heterocycles. The summed E-state index contributed by atoms with van der Waals surface area (Å²) in [5.41, 5.74) is 4.08. The first-order chi connectivity index (χ1) is 16.6. The van der Waals surface area contributed by atoms with E-state index >= 15 is 0 Å². The van der Waals surface area contributed by atoms with Crippen LogP contribution in [0.25, 0.3) is 32.7 Å². The Labute approximate surface area is 199 Å². The Morgan fingerprint density at radius 2 is 2.00 bits per heavy atom. The minimum Gasteiger partial charge on any atom is -0.463 e. The number of ether oxygens (including phenoxy) is 1. The maximum atomic E-state index is 13.5. The highest BCUT2D eigenvalue weighted by atomic mass is 32.1. The summed E-state index contributed by atoms with van der Waals surface area (Å²) in [6.45, 7) is 4.98. The van der Waals surface area contributed by atoms with Crippen LogP contribution in [-0.4, -0.2) is 52.0 Å². The van der Waals surface area contributed by atoms with Gasteiger partial charge in [-0.15, -0.1) is 0 Å². The van der Waals surface area contributed by atoms with Crippen LogP contribution < -0.4 is 10.2 Å². The van der Waals surface area contributed by atoms with Gasteiger partial charge in [0.15, 0.2) is 16.5 Å². The van der Waals surface area contributed by atoms with Gasteiger partial charge in [-0.3, -0.25) is 9.48 Å². The number of amides is 1. The third kappa shape index (κ3) is 3.61. The number of rotatable bonds is 4. The van der Waals surface area contributed by atoms with Crippen LogP contribution in [-0.2, 0) is 11.8 Å². The number of nitrogens with one attached hydrogen (secondary N) is 1. The zero-order valence-corrected chi connectivity index (χ0v) is 19.6. The molecule has 4 aromatic heterocycles. The fourth-order valence-corrected chi connectivity index (χ4v) is 5.31. The van der Waals surface area contributed by atoms with Crippen LogP contribution in [0.1, 0.15) is 16.1 Å². The van der Waals surface area contributed by atoms with Crippen LogP contribution >= 0.6 is 11.3 Å². The van der Waals surface area contributed by atoms with Gasteiger partial charge in [0.25, 0.3) is 5.91 Å². The summed E-state index contributed by atoms with van der Waals surface area (Å²) in [4.78, 5) is 25.1. The fourth-order valence-electron chi connectivity index (χ4n) is 4.25. The van der Waals surface area contributed by atoms with Crippen LogP contribution in [0.5, 0.6) is 0 Å². The molecular weight excluding hydrogens is 452 g/mol. The Hall–Kier alpha value is -3.76. The van der Waals surface area contributed by atoms with E-state index in [1.807, 2.05) is 38.2 Å². The number of morpholine rings is 1. The summed E-state index contributed by atoms with van der Waals surface area (Å²) in [6, 6.07) is 11.2. The Bertz CT molecular complexity index is 1520. The zero-order valence-electron chi connectivity index (χ0n) is 18.7. The first kappa shape index (κ1) is 20.8. The van der Waals surface area contributed by atoms with Crippen molar-refractivity contribution in [3.05, 3.63) is 53.9 Å². The van der Waals surface area contributed by atoms with Crippen molar-refractivity contribution in [2.75, 3.05) is 36.5 Å². The van der Waals surface area contributed by atoms with Gasteiger partial charge in [0, 0.05) is 25.8 Å². The largest absolute Gasteiger partial charge is 0.463 e. The highest BCUT2D eigenvalue weighted by Crippen LogP contribution is 2.32. The predicted molar refractivity (Wildman–Crippen MR) is 132 cm³/mol. The van der Waals surface area contributed by atoms with E-state index < -0.39 is 0 Å². The molecule has 0 spiro atoms. The first-order valence-corrected chi connectivity index (χ1v) is 11.8. The summed E-state index contributed by atoms with van der Waals surface area (Å²) in [7, 11) is 1.82. The molecule has 34 heavy (non-hydrogen) atoms. The van der Waals surface area contributed by atoms with Crippen molar-refractivity contribution in [1.29, 1.82) is 0 Å². The third-order valence-corrected chi connectivity index (χ3v) is 6.98. The summed E-state index contributed by atoms with van der Waals surface area (Å²) in [6.07, 6.45) is 1.59. The van der Waals surface area contributed by atoms with Crippen LogP contribution in [0, 0.1) is 6.92 Å². The van der Waals surface area contributed by atoms with Crippen molar-refractivity contribution in [3.8, 4) is 11.5 Å². The number of furan rings is 1. The third-order valence-electron chi connectivity index (χ3n) is 5.90. The highest BCUT2D eigenvalue weighted by Gasteiger charge is 2.21. The molecule has 0 unspecified atom stereocenters. The topological polar surface area (TPSA) is 98.3 Å². The smallest absolute Gasteiger partial charge is 0.256 e. The van der Waals surface area contributed by atoms with Crippen LogP contribution in [0.15, 0.2) is 47.1 Å². The monoisotopic (exact) mass is 474 g/mol. The molecule has 1 fully saturated rings. The van der Waals surface area contributed by atoms with Gasteiger partial charge in [-0.1, -0.05) is 11.3 Å². The van der Waals surface area contributed by atoms with Gasteiger partial charge in [-0.05, 0) is 43.3 Å².